The molecule has 2 aromatic carbocycles. The zero-order valence-corrected chi connectivity index (χ0v) is 21.2. The van der Waals surface area contributed by atoms with Crippen LogP contribution in [0.3, 0.4) is 0 Å². The van der Waals surface area contributed by atoms with Crippen molar-refractivity contribution >= 4 is 52.2 Å². The van der Waals surface area contributed by atoms with Gasteiger partial charge >= 0.3 is 23.9 Å². The van der Waals surface area contributed by atoms with E-state index in [4.69, 9.17) is 44.6 Å². The Hall–Kier alpha value is -5.04. The number of amides is 1. The molecule has 0 fully saturated rings. The lowest BCUT2D eigenvalue weighted by atomic mass is 10.1. The minimum absolute atomic E-state index is 0.00142. The SMILES string of the molecule is CN(CC(=O)Nc1c2c(nc3ccccc13)N(C)CC2)Cc1ccccc1.O=C(O)C(=O)O.O=C(O)C(=O)O. The Kier molecular flexibility index (Phi) is 10.9. The number of carboxylic acid groups (broad SMARTS) is 4. The molecule has 0 aliphatic carbocycles. The molecule has 1 aliphatic rings. The monoisotopic (exact) mass is 540 g/mol. The van der Waals surface area contributed by atoms with Gasteiger partial charge in [-0.2, -0.15) is 0 Å². The molecule has 0 atom stereocenters. The smallest absolute Gasteiger partial charge is 0.414 e. The van der Waals surface area contributed by atoms with E-state index < -0.39 is 23.9 Å². The van der Waals surface area contributed by atoms with Crippen LogP contribution in [0.5, 0.6) is 0 Å². The fraction of sp³-hybridized carbons (Fsp3) is 0.231. The van der Waals surface area contributed by atoms with Gasteiger partial charge in [0.2, 0.25) is 5.91 Å². The highest BCUT2D eigenvalue weighted by atomic mass is 16.4. The fourth-order valence-electron chi connectivity index (χ4n) is 3.69. The number of anilines is 2. The zero-order valence-electron chi connectivity index (χ0n) is 21.2. The van der Waals surface area contributed by atoms with Crippen LogP contribution in [-0.2, 0) is 36.9 Å². The highest BCUT2D eigenvalue weighted by Crippen LogP contribution is 2.36. The van der Waals surface area contributed by atoms with Crippen LogP contribution in [-0.4, -0.2) is 87.3 Å². The zero-order chi connectivity index (χ0) is 29.1. The number of nitrogens with one attached hydrogen (secondary N) is 1. The molecule has 13 heteroatoms. The van der Waals surface area contributed by atoms with Crippen LogP contribution in [0, 0.1) is 0 Å². The van der Waals surface area contributed by atoms with Gasteiger partial charge in [-0.15, -0.1) is 0 Å². The van der Waals surface area contributed by atoms with Gasteiger partial charge in [0.1, 0.15) is 5.82 Å². The number of fused-ring (bicyclic) bond motifs is 2. The Balaban J connectivity index is 0.000000374. The number of carboxylic acids is 4. The molecule has 0 radical (unpaired) electrons. The molecular weight excluding hydrogens is 512 g/mol. The van der Waals surface area contributed by atoms with Crippen LogP contribution in [0.1, 0.15) is 11.1 Å². The number of rotatable bonds is 5. The Bertz CT molecular complexity index is 1310. The first-order valence-electron chi connectivity index (χ1n) is 11.5. The first-order valence-corrected chi connectivity index (χ1v) is 11.5. The van der Waals surface area contributed by atoms with Crippen LogP contribution in [0.15, 0.2) is 54.6 Å². The second-order valence-corrected chi connectivity index (χ2v) is 8.40. The van der Waals surface area contributed by atoms with Gasteiger partial charge in [-0.05, 0) is 25.1 Å². The molecule has 0 spiro atoms. The number of para-hydroxylation sites is 1. The molecular formula is C26H28N4O9. The molecule has 1 aliphatic heterocycles. The van der Waals surface area contributed by atoms with Crippen LogP contribution in [0.4, 0.5) is 11.5 Å². The van der Waals surface area contributed by atoms with Crippen molar-refractivity contribution in [3.63, 3.8) is 0 Å². The second kappa shape index (κ2) is 14.0. The molecule has 4 rings (SSSR count). The molecule has 13 nitrogen and oxygen atoms in total. The third-order valence-electron chi connectivity index (χ3n) is 5.37. The molecule has 0 saturated carbocycles. The number of carbonyl (C=O) groups excluding carboxylic acids is 1. The second-order valence-electron chi connectivity index (χ2n) is 8.40. The molecule has 3 aromatic rings. The van der Waals surface area contributed by atoms with Crippen molar-refractivity contribution in [3.05, 3.63) is 65.7 Å². The van der Waals surface area contributed by atoms with E-state index in [2.05, 4.69) is 22.3 Å². The normalized spacial score (nSPS) is 11.4. The standard InChI is InChI=1S/C22H24N4O.2C2H2O4/c1-25(14-16-8-4-3-5-9-16)15-20(27)24-21-17-10-6-7-11-19(17)23-22-18(21)12-13-26(22)2;2*3-1(4)2(5)6/h3-11H,12-15H2,1-2H3,(H,23,24,27);2*(H,3,4)(H,5,6). The van der Waals surface area contributed by atoms with E-state index in [0.717, 1.165) is 47.5 Å². The Labute approximate surface area is 222 Å². The van der Waals surface area contributed by atoms with Crippen LogP contribution in [0.2, 0.25) is 0 Å². The van der Waals surface area contributed by atoms with Crippen molar-refractivity contribution in [1.82, 2.24) is 9.88 Å². The molecule has 5 N–H and O–H groups in total. The molecule has 206 valence electrons. The highest BCUT2D eigenvalue weighted by molar-refractivity contribution is 6.27. The lowest BCUT2D eigenvalue weighted by Gasteiger charge is -2.19. The first kappa shape index (κ1) is 30.2. The van der Waals surface area contributed by atoms with Crippen LogP contribution >= 0.6 is 0 Å². The van der Waals surface area contributed by atoms with E-state index in [9.17, 15) is 4.79 Å². The molecule has 0 bridgehead atoms. The van der Waals surface area contributed by atoms with Crippen molar-refractivity contribution in [2.45, 2.75) is 13.0 Å². The molecule has 2 heterocycles. The number of likely N-dealkylation sites (N-methyl/N-ethyl adjacent to an activating group) is 2. The number of pyridine rings is 1. The summed E-state index contributed by atoms with van der Waals surface area (Å²) in [5, 5.41) is 33.7. The maximum atomic E-state index is 12.8. The summed E-state index contributed by atoms with van der Waals surface area (Å²) >= 11 is 0. The van der Waals surface area contributed by atoms with Crippen LogP contribution in [0.25, 0.3) is 10.9 Å². The Morgan fingerprint density at radius 1 is 0.872 bits per heavy atom. The molecule has 1 amide bonds. The van der Waals surface area contributed by atoms with E-state index in [0.29, 0.717) is 6.54 Å². The summed E-state index contributed by atoms with van der Waals surface area (Å²) < 4.78 is 0. The number of carbonyl (C=O) groups is 5. The van der Waals surface area contributed by atoms with Crippen LogP contribution < -0.4 is 10.2 Å². The van der Waals surface area contributed by atoms with Gasteiger partial charge < -0.3 is 30.6 Å². The van der Waals surface area contributed by atoms with Crippen molar-refractivity contribution in [2.75, 3.05) is 37.4 Å². The molecule has 1 aromatic heterocycles. The lowest BCUT2D eigenvalue weighted by Crippen LogP contribution is -2.30. The van der Waals surface area contributed by atoms with E-state index in [-0.39, 0.29) is 5.91 Å². The van der Waals surface area contributed by atoms with Gasteiger partial charge in [0.15, 0.2) is 0 Å². The van der Waals surface area contributed by atoms with Crippen molar-refractivity contribution in [2.24, 2.45) is 0 Å². The summed E-state index contributed by atoms with van der Waals surface area (Å²) in [6.07, 6.45) is 0.902. The van der Waals surface area contributed by atoms with E-state index >= 15 is 0 Å². The van der Waals surface area contributed by atoms with Gasteiger partial charge in [-0.25, -0.2) is 24.2 Å². The minimum Gasteiger partial charge on any atom is -0.473 e. The summed E-state index contributed by atoms with van der Waals surface area (Å²) in [5.41, 5.74) is 4.16. The Morgan fingerprint density at radius 3 is 1.97 bits per heavy atom. The third kappa shape index (κ3) is 9.09. The highest BCUT2D eigenvalue weighted by Gasteiger charge is 2.24. The summed E-state index contributed by atoms with van der Waals surface area (Å²) in [6.45, 7) is 2.01. The van der Waals surface area contributed by atoms with Gasteiger partial charge in [0.05, 0.1) is 17.7 Å². The van der Waals surface area contributed by atoms with E-state index in [1.165, 1.54) is 5.56 Å². The number of nitrogens with zero attached hydrogens (tertiary/aromatic N) is 3. The number of hydrogen-bond donors (Lipinski definition) is 5. The quantitative estimate of drug-likeness (QED) is 0.294. The number of benzene rings is 2. The van der Waals surface area contributed by atoms with Gasteiger partial charge in [-0.1, -0.05) is 48.5 Å². The maximum absolute atomic E-state index is 12.8. The summed E-state index contributed by atoms with van der Waals surface area (Å²) in [4.78, 5) is 58.1. The average Bonchev–Trinajstić information content (AvgIpc) is 3.25. The fourth-order valence-corrected chi connectivity index (χ4v) is 3.69. The number of aromatic nitrogens is 1. The third-order valence-corrected chi connectivity index (χ3v) is 5.37. The average molecular weight is 541 g/mol. The number of aliphatic carboxylic acids is 4. The predicted octanol–water partition coefficient (Wildman–Crippen LogP) is 1.61. The van der Waals surface area contributed by atoms with E-state index in [1.54, 1.807) is 0 Å². The van der Waals surface area contributed by atoms with Gasteiger partial charge in [-0.3, -0.25) is 9.69 Å². The Morgan fingerprint density at radius 2 is 1.41 bits per heavy atom. The van der Waals surface area contributed by atoms with Crippen molar-refractivity contribution in [1.29, 1.82) is 0 Å². The lowest BCUT2D eigenvalue weighted by molar-refractivity contribution is -0.159. The molecule has 0 saturated heterocycles. The minimum atomic E-state index is -1.82. The topological polar surface area (TPSA) is 198 Å². The summed E-state index contributed by atoms with van der Waals surface area (Å²) in [7, 11) is 4.02. The van der Waals surface area contributed by atoms with Gasteiger partial charge in [0.25, 0.3) is 0 Å². The van der Waals surface area contributed by atoms with E-state index in [1.807, 2.05) is 61.5 Å². The maximum Gasteiger partial charge on any atom is 0.414 e. The first-order chi connectivity index (χ1) is 18.4. The summed E-state index contributed by atoms with van der Waals surface area (Å²) in [5.74, 6) is -6.32. The molecule has 39 heavy (non-hydrogen) atoms. The number of hydrogen-bond acceptors (Lipinski definition) is 8. The largest absolute Gasteiger partial charge is 0.473 e. The molecule has 0 unspecified atom stereocenters. The van der Waals surface area contributed by atoms with Crippen molar-refractivity contribution in [3.8, 4) is 0 Å². The van der Waals surface area contributed by atoms with Crippen molar-refractivity contribution < 1.29 is 44.4 Å². The predicted molar refractivity (Wildman–Crippen MR) is 141 cm³/mol. The van der Waals surface area contributed by atoms with Gasteiger partial charge in [0, 0.05) is 31.1 Å². The summed E-state index contributed by atoms with van der Waals surface area (Å²) in [6, 6.07) is 18.2.